The normalized spacial score (nSPS) is 10.2. The summed E-state index contributed by atoms with van der Waals surface area (Å²) in [7, 11) is 0. The van der Waals surface area contributed by atoms with E-state index in [1.165, 1.54) is 12.1 Å². The second kappa shape index (κ2) is 7.09. The summed E-state index contributed by atoms with van der Waals surface area (Å²) in [5.41, 5.74) is 1.55. The van der Waals surface area contributed by atoms with Gasteiger partial charge in [0.2, 0.25) is 0 Å². The maximum atomic E-state index is 13.8. The topological polar surface area (TPSA) is 38.3 Å². The van der Waals surface area contributed by atoms with Gasteiger partial charge >= 0.3 is 5.97 Å². The van der Waals surface area contributed by atoms with Crippen molar-refractivity contribution in [3.63, 3.8) is 0 Å². The first-order chi connectivity index (χ1) is 10.1. The van der Waals surface area contributed by atoms with E-state index in [1.807, 2.05) is 12.1 Å². The highest BCUT2D eigenvalue weighted by Gasteiger charge is 2.12. The highest BCUT2D eigenvalue weighted by molar-refractivity contribution is 6.30. The number of hydrogen-bond acceptors (Lipinski definition) is 3. The lowest BCUT2D eigenvalue weighted by atomic mass is 10.1. The summed E-state index contributed by atoms with van der Waals surface area (Å²) >= 11 is 5.81. The molecule has 2 aromatic carbocycles. The molecule has 21 heavy (non-hydrogen) atoms. The molecule has 110 valence electrons. The molecule has 0 atom stereocenters. The Morgan fingerprint density at radius 2 is 1.95 bits per heavy atom. The molecule has 0 radical (unpaired) electrons. The number of benzene rings is 2. The Morgan fingerprint density at radius 3 is 2.57 bits per heavy atom. The van der Waals surface area contributed by atoms with E-state index in [-0.39, 0.29) is 12.2 Å². The Morgan fingerprint density at radius 1 is 1.24 bits per heavy atom. The zero-order valence-electron chi connectivity index (χ0n) is 11.5. The maximum absolute atomic E-state index is 13.8. The molecule has 0 heterocycles. The van der Waals surface area contributed by atoms with Crippen molar-refractivity contribution in [2.75, 3.05) is 11.9 Å². The van der Waals surface area contributed by atoms with Gasteiger partial charge in [0.15, 0.2) is 0 Å². The summed E-state index contributed by atoms with van der Waals surface area (Å²) in [5.74, 6) is -1.26. The molecule has 0 spiro atoms. The van der Waals surface area contributed by atoms with E-state index in [0.717, 1.165) is 5.56 Å². The molecule has 0 saturated carbocycles. The van der Waals surface area contributed by atoms with E-state index >= 15 is 0 Å². The average Bonchev–Trinajstić information content (AvgIpc) is 2.47. The first-order valence-corrected chi connectivity index (χ1v) is 6.93. The standard InChI is InChI=1S/C16H15ClFNO2/c1-2-21-16(20)14-8-7-13(9-15(14)18)19-10-11-3-5-12(17)6-4-11/h3-9,19H,2,10H2,1H3. The second-order valence-electron chi connectivity index (χ2n) is 4.40. The largest absolute Gasteiger partial charge is 0.462 e. The fourth-order valence-electron chi connectivity index (χ4n) is 1.81. The second-order valence-corrected chi connectivity index (χ2v) is 4.83. The lowest BCUT2D eigenvalue weighted by Gasteiger charge is -2.09. The zero-order chi connectivity index (χ0) is 15.2. The van der Waals surface area contributed by atoms with Gasteiger partial charge in [-0.2, -0.15) is 0 Å². The molecule has 0 aliphatic rings. The fourth-order valence-corrected chi connectivity index (χ4v) is 1.93. The lowest BCUT2D eigenvalue weighted by Crippen LogP contribution is -2.08. The molecule has 3 nitrogen and oxygen atoms in total. The fraction of sp³-hybridized carbons (Fsp3) is 0.188. The summed E-state index contributed by atoms with van der Waals surface area (Å²) in [5, 5.41) is 3.75. The van der Waals surface area contributed by atoms with E-state index < -0.39 is 11.8 Å². The summed E-state index contributed by atoms with van der Waals surface area (Å²) in [6, 6.07) is 11.7. The van der Waals surface area contributed by atoms with Gasteiger partial charge in [0.05, 0.1) is 12.2 Å². The Kier molecular flexibility index (Phi) is 5.17. The molecule has 0 bridgehead atoms. The minimum absolute atomic E-state index is 0.0612. The lowest BCUT2D eigenvalue weighted by molar-refractivity contribution is 0.0521. The number of carbonyl (C=O) groups is 1. The molecular formula is C16H15ClFNO2. The van der Waals surface area contributed by atoms with Crippen LogP contribution >= 0.6 is 11.6 Å². The van der Waals surface area contributed by atoms with Crippen molar-refractivity contribution in [3.8, 4) is 0 Å². The van der Waals surface area contributed by atoms with Crippen LogP contribution in [0.4, 0.5) is 10.1 Å². The van der Waals surface area contributed by atoms with Crippen molar-refractivity contribution < 1.29 is 13.9 Å². The molecule has 0 amide bonds. The van der Waals surface area contributed by atoms with Gasteiger partial charge < -0.3 is 10.1 Å². The SMILES string of the molecule is CCOC(=O)c1ccc(NCc2ccc(Cl)cc2)cc1F. The molecule has 1 N–H and O–H groups in total. The van der Waals surface area contributed by atoms with Crippen molar-refractivity contribution >= 4 is 23.3 Å². The predicted octanol–water partition coefficient (Wildman–Crippen LogP) is 4.27. The van der Waals surface area contributed by atoms with Crippen LogP contribution in [0, 0.1) is 5.82 Å². The molecular weight excluding hydrogens is 293 g/mol. The van der Waals surface area contributed by atoms with Crippen LogP contribution in [0.3, 0.4) is 0 Å². The zero-order valence-corrected chi connectivity index (χ0v) is 12.3. The van der Waals surface area contributed by atoms with Crippen LogP contribution in [0.5, 0.6) is 0 Å². The number of carbonyl (C=O) groups excluding carboxylic acids is 1. The molecule has 0 aliphatic heterocycles. The first-order valence-electron chi connectivity index (χ1n) is 6.55. The smallest absolute Gasteiger partial charge is 0.341 e. The van der Waals surface area contributed by atoms with Gasteiger partial charge in [0.1, 0.15) is 5.82 Å². The monoisotopic (exact) mass is 307 g/mol. The van der Waals surface area contributed by atoms with Crippen LogP contribution in [0.1, 0.15) is 22.8 Å². The van der Waals surface area contributed by atoms with Crippen molar-refractivity contribution in [2.45, 2.75) is 13.5 Å². The van der Waals surface area contributed by atoms with E-state index in [2.05, 4.69) is 5.32 Å². The molecule has 0 unspecified atom stereocenters. The Bertz CT molecular complexity index is 629. The van der Waals surface area contributed by atoms with E-state index in [0.29, 0.717) is 17.3 Å². The van der Waals surface area contributed by atoms with Gasteiger partial charge in [0.25, 0.3) is 0 Å². The van der Waals surface area contributed by atoms with Crippen molar-refractivity contribution in [1.82, 2.24) is 0 Å². The number of ether oxygens (including phenoxy) is 1. The van der Waals surface area contributed by atoms with Crippen LogP contribution in [0.25, 0.3) is 0 Å². The van der Waals surface area contributed by atoms with Crippen molar-refractivity contribution in [2.24, 2.45) is 0 Å². The number of hydrogen-bond donors (Lipinski definition) is 1. The van der Waals surface area contributed by atoms with Gasteiger partial charge in [0, 0.05) is 17.3 Å². The Hall–Kier alpha value is -2.07. The molecule has 0 fully saturated rings. The minimum Gasteiger partial charge on any atom is -0.462 e. The number of nitrogens with one attached hydrogen (secondary N) is 1. The molecule has 5 heteroatoms. The van der Waals surface area contributed by atoms with E-state index in [4.69, 9.17) is 16.3 Å². The Balaban J connectivity index is 2.03. The quantitative estimate of drug-likeness (QED) is 0.838. The predicted molar refractivity (Wildman–Crippen MR) is 81.1 cm³/mol. The van der Waals surface area contributed by atoms with Crippen LogP contribution in [0.15, 0.2) is 42.5 Å². The summed E-state index contributed by atoms with van der Waals surface area (Å²) < 4.78 is 18.6. The number of halogens is 2. The van der Waals surface area contributed by atoms with E-state index in [9.17, 15) is 9.18 Å². The van der Waals surface area contributed by atoms with Crippen LogP contribution in [-0.4, -0.2) is 12.6 Å². The molecule has 2 aromatic rings. The number of esters is 1. The van der Waals surface area contributed by atoms with Crippen LogP contribution < -0.4 is 5.32 Å². The molecule has 2 rings (SSSR count). The highest BCUT2D eigenvalue weighted by Crippen LogP contribution is 2.17. The minimum atomic E-state index is -0.653. The summed E-state index contributed by atoms with van der Waals surface area (Å²) in [6.07, 6.45) is 0. The third-order valence-corrected chi connectivity index (χ3v) is 3.13. The molecule has 0 aromatic heterocycles. The molecule has 0 saturated heterocycles. The number of rotatable bonds is 5. The number of anilines is 1. The van der Waals surface area contributed by atoms with Gasteiger partial charge in [-0.15, -0.1) is 0 Å². The molecule has 0 aliphatic carbocycles. The van der Waals surface area contributed by atoms with Crippen LogP contribution in [-0.2, 0) is 11.3 Å². The van der Waals surface area contributed by atoms with Gasteiger partial charge in [-0.1, -0.05) is 23.7 Å². The van der Waals surface area contributed by atoms with Gasteiger partial charge in [-0.05, 0) is 42.8 Å². The average molecular weight is 308 g/mol. The van der Waals surface area contributed by atoms with Crippen LogP contribution in [0.2, 0.25) is 5.02 Å². The third-order valence-electron chi connectivity index (χ3n) is 2.87. The Labute approximate surface area is 127 Å². The van der Waals surface area contributed by atoms with Crippen molar-refractivity contribution in [1.29, 1.82) is 0 Å². The highest BCUT2D eigenvalue weighted by atomic mass is 35.5. The first kappa shape index (κ1) is 15.3. The van der Waals surface area contributed by atoms with E-state index in [1.54, 1.807) is 25.1 Å². The summed E-state index contributed by atoms with van der Waals surface area (Å²) in [4.78, 5) is 11.5. The van der Waals surface area contributed by atoms with Crippen molar-refractivity contribution in [3.05, 3.63) is 64.4 Å². The van der Waals surface area contributed by atoms with Gasteiger partial charge in [-0.3, -0.25) is 0 Å². The summed E-state index contributed by atoms with van der Waals surface area (Å²) in [6.45, 7) is 2.43. The third kappa shape index (κ3) is 4.20. The van der Waals surface area contributed by atoms with Gasteiger partial charge in [-0.25, -0.2) is 9.18 Å². The maximum Gasteiger partial charge on any atom is 0.341 e.